The van der Waals surface area contributed by atoms with E-state index in [4.69, 9.17) is 5.11 Å². The molecular formula is C12H30N2O. The highest BCUT2D eigenvalue weighted by molar-refractivity contribution is 4.82. The van der Waals surface area contributed by atoms with Gasteiger partial charge in [0.05, 0.1) is 0 Å². The predicted molar refractivity (Wildman–Crippen MR) is 68.3 cm³/mol. The van der Waals surface area contributed by atoms with Crippen molar-refractivity contribution in [2.45, 2.75) is 46.6 Å². The van der Waals surface area contributed by atoms with Gasteiger partial charge in [0.1, 0.15) is 0 Å². The smallest absolute Gasteiger partial charge is 0.0431 e. The Morgan fingerprint density at radius 2 is 1.67 bits per heavy atom. The van der Waals surface area contributed by atoms with Crippen LogP contribution in [0, 0.1) is 0 Å². The third kappa shape index (κ3) is 8.85. The largest absolute Gasteiger partial charge is 0.396 e. The topological polar surface area (TPSA) is 35.5 Å². The molecule has 0 atom stereocenters. The number of hydrogen-bond donors (Lipinski definition) is 2. The van der Waals surface area contributed by atoms with Crippen molar-refractivity contribution in [1.82, 2.24) is 10.2 Å². The molecule has 94 valence electrons. The van der Waals surface area contributed by atoms with Crippen molar-refractivity contribution in [2.24, 2.45) is 0 Å². The molecular weight excluding hydrogens is 188 g/mol. The Morgan fingerprint density at radius 3 is 2.00 bits per heavy atom. The highest BCUT2D eigenvalue weighted by Crippen LogP contribution is 2.03. The Labute approximate surface area is 95.9 Å². The summed E-state index contributed by atoms with van der Waals surface area (Å²) in [6.45, 7) is 11.7. The number of nitrogens with one attached hydrogen (secondary N) is 1. The third-order valence-corrected chi connectivity index (χ3v) is 2.30. The van der Waals surface area contributed by atoms with Gasteiger partial charge < -0.3 is 15.3 Å². The molecule has 1 rings (SSSR count). The number of hydrogen-bond acceptors (Lipinski definition) is 3. The zero-order valence-corrected chi connectivity index (χ0v) is 11.2. The number of likely N-dealkylation sites (N-methyl/N-ethyl adjacent to an activating group) is 1. The van der Waals surface area contributed by atoms with Gasteiger partial charge in [0.15, 0.2) is 0 Å². The number of aliphatic hydroxyl groups excluding tert-OH is 1. The van der Waals surface area contributed by atoms with Gasteiger partial charge in [0, 0.05) is 25.7 Å². The van der Waals surface area contributed by atoms with Gasteiger partial charge >= 0.3 is 0 Å². The highest BCUT2D eigenvalue weighted by Gasteiger charge is 2.20. The molecule has 0 radical (unpaired) electrons. The maximum atomic E-state index is 8.56. The minimum atomic E-state index is 0.330. The van der Waals surface area contributed by atoms with E-state index in [1.54, 1.807) is 0 Å². The molecule has 2 N–H and O–H groups in total. The van der Waals surface area contributed by atoms with Gasteiger partial charge in [-0.3, -0.25) is 0 Å². The number of unbranched alkanes of at least 4 members (excludes halogenated alkanes) is 1. The van der Waals surface area contributed by atoms with Crippen LogP contribution < -0.4 is 5.32 Å². The lowest BCUT2D eigenvalue weighted by molar-refractivity contribution is 0.172. The fraction of sp³-hybridized carbons (Fsp3) is 1.00. The Morgan fingerprint density at radius 1 is 1.13 bits per heavy atom. The van der Waals surface area contributed by atoms with Crippen molar-refractivity contribution < 1.29 is 5.11 Å². The van der Waals surface area contributed by atoms with Gasteiger partial charge in [-0.05, 0) is 26.4 Å². The third-order valence-electron chi connectivity index (χ3n) is 2.30. The zero-order chi connectivity index (χ0) is 12.1. The minimum absolute atomic E-state index is 0.330. The lowest BCUT2D eigenvalue weighted by Gasteiger charge is -2.35. The van der Waals surface area contributed by atoms with E-state index in [2.05, 4.69) is 17.3 Å². The first-order valence-electron chi connectivity index (χ1n) is 6.36. The monoisotopic (exact) mass is 218 g/mol. The number of nitrogens with zero attached hydrogens (tertiary/aromatic N) is 1. The summed E-state index contributed by atoms with van der Waals surface area (Å²) in [6.07, 6.45) is 2.05. The van der Waals surface area contributed by atoms with Crippen molar-refractivity contribution in [1.29, 1.82) is 0 Å². The Kier molecular flexibility index (Phi) is 16.0. The second kappa shape index (κ2) is 13.9. The van der Waals surface area contributed by atoms with Crippen molar-refractivity contribution in [3.05, 3.63) is 0 Å². The molecule has 0 bridgehead atoms. The van der Waals surface area contributed by atoms with E-state index in [1.807, 2.05) is 27.7 Å². The molecule has 15 heavy (non-hydrogen) atoms. The predicted octanol–water partition coefficient (Wildman–Crippen LogP) is 1.71. The van der Waals surface area contributed by atoms with Gasteiger partial charge in [-0.2, -0.15) is 0 Å². The van der Waals surface area contributed by atoms with Gasteiger partial charge in [-0.25, -0.2) is 0 Å². The average molecular weight is 218 g/mol. The molecule has 3 heteroatoms. The van der Waals surface area contributed by atoms with Crippen LogP contribution in [0.25, 0.3) is 0 Å². The molecule has 1 saturated heterocycles. The first-order chi connectivity index (χ1) is 7.34. The van der Waals surface area contributed by atoms with Gasteiger partial charge in [-0.15, -0.1) is 0 Å². The first kappa shape index (κ1) is 17.3. The Hall–Kier alpha value is -0.120. The standard InChI is InChI=1S/C8H18N2O.2C2H6/c1-10(4-2-3-5-11)8-6-9-7-8;2*1-2/h8-9,11H,2-7H2,1H3;2*1-2H3. The second-order valence-electron chi connectivity index (χ2n) is 3.22. The maximum Gasteiger partial charge on any atom is 0.0431 e. The highest BCUT2D eigenvalue weighted by atomic mass is 16.2. The van der Waals surface area contributed by atoms with Crippen LogP contribution in [0.3, 0.4) is 0 Å². The number of rotatable bonds is 5. The summed E-state index contributed by atoms with van der Waals surface area (Å²) in [5.74, 6) is 0. The fourth-order valence-corrected chi connectivity index (χ4v) is 1.24. The van der Waals surface area contributed by atoms with E-state index in [0.29, 0.717) is 6.61 Å². The van der Waals surface area contributed by atoms with Crippen molar-refractivity contribution in [3.63, 3.8) is 0 Å². The van der Waals surface area contributed by atoms with E-state index < -0.39 is 0 Å². The molecule has 3 nitrogen and oxygen atoms in total. The van der Waals surface area contributed by atoms with Gasteiger partial charge in [-0.1, -0.05) is 27.7 Å². The van der Waals surface area contributed by atoms with E-state index in [9.17, 15) is 0 Å². The summed E-state index contributed by atoms with van der Waals surface area (Å²) in [7, 11) is 2.16. The first-order valence-corrected chi connectivity index (χ1v) is 6.36. The molecule has 0 aliphatic carbocycles. The summed E-state index contributed by atoms with van der Waals surface area (Å²) in [6, 6.07) is 0.744. The summed E-state index contributed by atoms with van der Waals surface area (Å²) in [5.41, 5.74) is 0. The molecule has 1 heterocycles. The van der Waals surface area contributed by atoms with Gasteiger partial charge in [0.25, 0.3) is 0 Å². The lowest BCUT2D eigenvalue weighted by atomic mass is 10.1. The van der Waals surface area contributed by atoms with Crippen molar-refractivity contribution >= 4 is 0 Å². The second-order valence-corrected chi connectivity index (χ2v) is 3.22. The van der Waals surface area contributed by atoms with Crippen molar-refractivity contribution in [2.75, 3.05) is 33.3 Å². The van der Waals surface area contributed by atoms with Crippen LogP contribution in [0.2, 0.25) is 0 Å². The average Bonchev–Trinajstić information content (AvgIpc) is 2.22. The summed E-state index contributed by atoms with van der Waals surface area (Å²) in [5, 5.41) is 11.8. The van der Waals surface area contributed by atoms with Crippen LogP contribution in [-0.4, -0.2) is 49.3 Å². The van der Waals surface area contributed by atoms with Crippen LogP contribution in [0.15, 0.2) is 0 Å². The molecule has 1 fully saturated rings. The normalized spacial score (nSPS) is 14.6. The van der Waals surface area contributed by atoms with Crippen LogP contribution in [0.5, 0.6) is 0 Å². The molecule has 0 saturated carbocycles. The quantitative estimate of drug-likeness (QED) is 0.690. The molecule has 0 amide bonds. The molecule has 1 aliphatic heterocycles. The molecule has 0 spiro atoms. The van der Waals surface area contributed by atoms with E-state index in [1.165, 1.54) is 0 Å². The zero-order valence-electron chi connectivity index (χ0n) is 11.2. The Balaban J connectivity index is 0. The molecule has 0 unspecified atom stereocenters. The molecule has 0 aromatic heterocycles. The molecule has 0 aromatic carbocycles. The molecule has 0 aromatic rings. The lowest BCUT2D eigenvalue weighted by Crippen LogP contribution is -2.56. The minimum Gasteiger partial charge on any atom is -0.396 e. The van der Waals surface area contributed by atoms with E-state index in [-0.39, 0.29) is 0 Å². The molecule has 1 aliphatic rings. The van der Waals surface area contributed by atoms with E-state index in [0.717, 1.165) is 38.5 Å². The van der Waals surface area contributed by atoms with Crippen molar-refractivity contribution in [3.8, 4) is 0 Å². The van der Waals surface area contributed by atoms with E-state index >= 15 is 0 Å². The van der Waals surface area contributed by atoms with Crippen LogP contribution >= 0.6 is 0 Å². The van der Waals surface area contributed by atoms with Gasteiger partial charge in [0.2, 0.25) is 0 Å². The number of aliphatic hydroxyl groups is 1. The summed E-state index contributed by atoms with van der Waals surface area (Å²) >= 11 is 0. The summed E-state index contributed by atoms with van der Waals surface area (Å²) in [4.78, 5) is 2.37. The maximum absolute atomic E-state index is 8.56. The fourth-order valence-electron chi connectivity index (χ4n) is 1.24. The SMILES string of the molecule is CC.CC.CN(CCCCO)C1CNC1. The summed E-state index contributed by atoms with van der Waals surface area (Å²) < 4.78 is 0. The van der Waals surface area contributed by atoms with Crippen LogP contribution in [0.4, 0.5) is 0 Å². The van der Waals surface area contributed by atoms with Crippen LogP contribution in [0.1, 0.15) is 40.5 Å². The van der Waals surface area contributed by atoms with Crippen LogP contribution in [-0.2, 0) is 0 Å². The Bertz CT molecular complexity index is 106.